The fourth-order valence-electron chi connectivity index (χ4n) is 4.80. The molecule has 0 spiro atoms. The molecule has 1 aliphatic heterocycles. The van der Waals surface area contributed by atoms with Gasteiger partial charge in [-0.2, -0.15) is 26.3 Å². The van der Waals surface area contributed by atoms with Crippen LogP contribution in [0.1, 0.15) is 35.3 Å². The minimum atomic E-state index is -5.05. The van der Waals surface area contributed by atoms with Crippen LogP contribution in [0.3, 0.4) is 0 Å². The summed E-state index contributed by atoms with van der Waals surface area (Å²) in [6.07, 6.45) is -8.40. The quantitative estimate of drug-likeness (QED) is 0.381. The zero-order valence-electron chi connectivity index (χ0n) is 22.7. The minimum Gasteiger partial charge on any atom is -0.481 e. The molecule has 4 rings (SSSR count). The second kappa shape index (κ2) is 11.3. The lowest BCUT2D eigenvalue weighted by Gasteiger charge is -2.44. The van der Waals surface area contributed by atoms with Crippen LogP contribution in [0.25, 0.3) is 11.1 Å². The molecule has 0 saturated carbocycles. The van der Waals surface area contributed by atoms with Crippen LogP contribution in [0.4, 0.5) is 42.1 Å². The molecule has 3 aromatic rings. The summed E-state index contributed by atoms with van der Waals surface area (Å²) in [5.41, 5.74) is -5.55. The van der Waals surface area contributed by atoms with Gasteiger partial charge in [-0.1, -0.05) is 0 Å². The molecule has 226 valence electrons. The highest BCUT2D eigenvalue weighted by molar-refractivity contribution is 6.07. The first-order valence-electron chi connectivity index (χ1n) is 12.5. The number of pyridine rings is 2. The summed E-state index contributed by atoms with van der Waals surface area (Å²) in [4.78, 5) is 34.2. The summed E-state index contributed by atoms with van der Waals surface area (Å²) in [5.74, 6) is -2.98. The predicted molar refractivity (Wildman–Crippen MR) is 140 cm³/mol. The van der Waals surface area contributed by atoms with Crippen molar-refractivity contribution >= 4 is 17.3 Å². The van der Waals surface area contributed by atoms with E-state index in [0.717, 1.165) is 25.4 Å². The van der Waals surface area contributed by atoms with E-state index in [1.54, 1.807) is 4.90 Å². The number of alkyl halides is 6. The molecule has 1 aromatic carbocycles. The molecule has 42 heavy (non-hydrogen) atoms. The Kier molecular flexibility index (Phi) is 8.27. The smallest absolute Gasteiger partial charge is 0.421 e. The van der Waals surface area contributed by atoms with Crippen LogP contribution >= 0.6 is 0 Å². The van der Waals surface area contributed by atoms with Gasteiger partial charge in [-0.15, -0.1) is 0 Å². The number of nitrogens with one attached hydrogen (secondary N) is 2. The number of aromatic amines is 1. The maximum Gasteiger partial charge on any atom is 0.421 e. The standard InChI is InChI=1S/C27H26F7N5O3/c1-13-11-39(12-14(2)38(13)3)22-8-20(28)16(15-5-19(27(32,33)34)25(42-4)36-9-15)6-21(22)37-24(41)17-10-35-23(40)7-18(17)26(29,30)31/h5-10,13-14H,11-12H2,1-4H3,(H,35,40)(H,37,41)/t13-,14+. The van der Waals surface area contributed by atoms with Crippen molar-refractivity contribution < 1.29 is 40.3 Å². The molecule has 1 fully saturated rings. The van der Waals surface area contributed by atoms with E-state index in [1.807, 2.05) is 25.9 Å². The Labute approximate surface area is 235 Å². The lowest BCUT2D eigenvalue weighted by molar-refractivity contribution is -0.139. The molecule has 0 unspecified atom stereocenters. The fraction of sp³-hybridized carbons (Fsp3) is 0.370. The number of halogens is 7. The van der Waals surface area contributed by atoms with Gasteiger partial charge in [0.15, 0.2) is 0 Å². The molecule has 1 aliphatic rings. The largest absolute Gasteiger partial charge is 0.481 e. The summed E-state index contributed by atoms with van der Waals surface area (Å²) in [6, 6.07) is 2.81. The van der Waals surface area contributed by atoms with E-state index in [-0.39, 0.29) is 35.1 Å². The summed E-state index contributed by atoms with van der Waals surface area (Å²) >= 11 is 0. The van der Waals surface area contributed by atoms with Gasteiger partial charge in [0.05, 0.1) is 29.6 Å². The SMILES string of the molecule is COc1ncc(-c2cc(NC(=O)c3c[nH]c(=O)cc3C(F)(F)F)c(N3C[C@@H](C)N(C)[C@@H](C)C3)cc2F)cc1C(F)(F)F. The van der Waals surface area contributed by atoms with Crippen LogP contribution in [-0.4, -0.2) is 60.1 Å². The lowest BCUT2D eigenvalue weighted by Crippen LogP contribution is -2.55. The minimum absolute atomic E-state index is 0.0452. The van der Waals surface area contributed by atoms with Gasteiger partial charge in [-0.05, 0) is 39.1 Å². The third-order valence-corrected chi connectivity index (χ3v) is 7.17. The van der Waals surface area contributed by atoms with Gasteiger partial charge in [-0.3, -0.25) is 14.5 Å². The summed E-state index contributed by atoms with van der Waals surface area (Å²) in [6.45, 7) is 4.50. The monoisotopic (exact) mass is 601 g/mol. The summed E-state index contributed by atoms with van der Waals surface area (Å²) < 4.78 is 102. The Morgan fingerprint density at radius 1 is 1.02 bits per heavy atom. The number of nitrogens with zero attached hydrogens (tertiary/aromatic N) is 3. The Morgan fingerprint density at radius 3 is 2.21 bits per heavy atom. The Morgan fingerprint density at radius 2 is 1.64 bits per heavy atom. The Balaban J connectivity index is 1.87. The first-order valence-corrected chi connectivity index (χ1v) is 12.5. The second-order valence-electron chi connectivity index (χ2n) is 9.97. The fourth-order valence-corrected chi connectivity index (χ4v) is 4.80. The van der Waals surface area contributed by atoms with Crippen molar-refractivity contribution in [2.45, 2.75) is 38.3 Å². The molecule has 1 amide bonds. The molecule has 0 aliphatic carbocycles. The van der Waals surface area contributed by atoms with Gasteiger partial charge >= 0.3 is 12.4 Å². The molecule has 2 atom stereocenters. The molecule has 1 saturated heterocycles. The number of H-pyrrole nitrogens is 1. The van der Waals surface area contributed by atoms with Crippen LogP contribution in [-0.2, 0) is 12.4 Å². The summed E-state index contributed by atoms with van der Waals surface area (Å²) in [5, 5.41) is 2.35. The van der Waals surface area contributed by atoms with Crippen LogP contribution < -0.4 is 20.5 Å². The number of aromatic nitrogens is 2. The molecule has 0 radical (unpaired) electrons. The molecule has 8 nitrogen and oxygen atoms in total. The van der Waals surface area contributed by atoms with Gasteiger partial charge < -0.3 is 19.9 Å². The zero-order chi connectivity index (χ0) is 31.1. The predicted octanol–water partition coefficient (Wildman–Crippen LogP) is 5.40. The summed E-state index contributed by atoms with van der Waals surface area (Å²) in [7, 11) is 2.88. The van der Waals surface area contributed by atoms with E-state index in [4.69, 9.17) is 0 Å². The van der Waals surface area contributed by atoms with Crippen LogP contribution in [0.15, 0.2) is 41.5 Å². The van der Waals surface area contributed by atoms with Crippen molar-refractivity contribution in [1.82, 2.24) is 14.9 Å². The molecule has 2 N–H and O–H groups in total. The van der Waals surface area contributed by atoms with Crippen molar-refractivity contribution in [3.05, 3.63) is 69.5 Å². The lowest BCUT2D eigenvalue weighted by atomic mass is 10.0. The highest BCUT2D eigenvalue weighted by Crippen LogP contribution is 2.41. The Bertz CT molecular complexity index is 1540. The third-order valence-electron chi connectivity index (χ3n) is 7.17. The van der Waals surface area contributed by atoms with Gasteiger partial charge in [0.25, 0.3) is 5.91 Å². The van der Waals surface area contributed by atoms with Crippen molar-refractivity contribution in [3.8, 4) is 17.0 Å². The first kappa shape index (κ1) is 30.8. The Hall–Kier alpha value is -4.14. The number of anilines is 2. The van der Waals surface area contributed by atoms with Crippen LogP contribution in [0.2, 0.25) is 0 Å². The number of carbonyl (C=O) groups is 1. The molecular weight excluding hydrogens is 575 g/mol. The number of carbonyl (C=O) groups excluding carboxylic acids is 1. The van der Waals surface area contributed by atoms with Crippen LogP contribution in [0.5, 0.6) is 5.88 Å². The number of hydrogen-bond donors (Lipinski definition) is 2. The molecule has 0 bridgehead atoms. The average Bonchev–Trinajstić information content (AvgIpc) is 2.90. The maximum atomic E-state index is 15.6. The highest BCUT2D eigenvalue weighted by atomic mass is 19.4. The maximum absolute atomic E-state index is 15.6. The van der Waals surface area contributed by atoms with Crippen LogP contribution in [0, 0.1) is 5.82 Å². The first-order chi connectivity index (χ1) is 19.5. The third kappa shape index (κ3) is 6.20. The number of piperazine rings is 1. The average molecular weight is 602 g/mol. The molecule has 3 heterocycles. The van der Waals surface area contributed by atoms with E-state index in [2.05, 4.69) is 19.9 Å². The number of benzene rings is 1. The normalized spacial score (nSPS) is 18.2. The van der Waals surface area contributed by atoms with Gasteiger partial charge in [0, 0.05) is 54.8 Å². The number of rotatable bonds is 5. The van der Waals surface area contributed by atoms with Crippen molar-refractivity contribution in [2.24, 2.45) is 0 Å². The second-order valence-corrected chi connectivity index (χ2v) is 9.97. The molecule has 2 aromatic heterocycles. The van der Waals surface area contributed by atoms with Crippen molar-refractivity contribution in [3.63, 3.8) is 0 Å². The zero-order valence-corrected chi connectivity index (χ0v) is 22.7. The van der Waals surface area contributed by atoms with E-state index in [1.165, 1.54) is 0 Å². The van der Waals surface area contributed by atoms with Crippen molar-refractivity contribution in [1.29, 1.82) is 0 Å². The number of ether oxygens (including phenoxy) is 1. The topological polar surface area (TPSA) is 90.6 Å². The van der Waals surface area contributed by atoms with E-state index < -0.39 is 57.8 Å². The number of likely N-dealkylation sites (N-methyl/N-ethyl adjacent to an activating group) is 1. The number of hydrogen-bond acceptors (Lipinski definition) is 6. The number of amides is 1. The molecule has 15 heteroatoms. The van der Waals surface area contributed by atoms with E-state index >= 15 is 4.39 Å². The van der Waals surface area contributed by atoms with Crippen molar-refractivity contribution in [2.75, 3.05) is 37.5 Å². The molecular formula is C27H26F7N5O3. The highest BCUT2D eigenvalue weighted by Gasteiger charge is 2.38. The van der Waals surface area contributed by atoms with E-state index in [9.17, 15) is 35.9 Å². The van der Waals surface area contributed by atoms with Gasteiger partial charge in [-0.25, -0.2) is 9.37 Å². The number of methoxy groups -OCH3 is 1. The van der Waals surface area contributed by atoms with Gasteiger partial charge in [0.2, 0.25) is 11.4 Å². The van der Waals surface area contributed by atoms with E-state index in [0.29, 0.717) is 25.4 Å². The van der Waals surface area contributed by atoms with Gasteiger partial charge in [0.1, 0.15) is 11.4 Å².